The molecule has 31 heavy (non-hydrogen) atoms. The monoisotopic (exact) mass is 485 g/mol. The molecular weight excluding hydrogens is 458 g/mol. The number of aryl methyl sites for hydroxylation is 2. The summed E-state index contributed by atoms with van der Waals surface area (Å²) in [7, 11) is -4.37. The maximum absolute atomic E-state index is 13.1. The van der Waals surface area contributed by atoms with Crippen LogP contribution in [0, 0.1) is 20.8 Å². The molecule has 0 aliphatic carbocycles. The highest BCUT2D eigenvalue weighted by molar-refractivity contribution is 7.91. The fraction of sp³-hybridized carbons (Fsp3) is 0.450. The standard InChI is InChI=1S/C20H27N3O5S3/c1-14-12-17(13-18(16(14)3)30(25,26)21(4)5)20(24)22-8-10-23(11-9-22)31(27,28)19-7-6-15(2)29-19/h6-7,12-13H,8-11H2,1-5H3. The van der Waals surface area contributed by atoms with E-state index in [1.807, 2.05) is 6.92 Å². The van der Waals surface area contributed by atoms with Gasteiger partial charge in [0.2, 0.25) is 10.0 Å². The van der Waals surface area contributed by atoms with Gasteiger partial charge < -0.3 is 4.90 Å². The first-order valence-corrected chi connectivity index (χ1v) is 13.4. The summed E-state index contributed by atoms with van der Waals surface area (Å²) in [6.07, 6.45) is 0. The maximum Gasteiger partial charge on any atom is 0.253 e. The number of hydrogen-bond donors (Lipinski definition) is 0. The van der Waals surface area contributed by atoms with Gasteiger partial charge in [-0.05, 0) is 56.2 Å². The number of piperazine rings is 1. The summed E-state index contributed by atoms with van der Waals surface area (Å²) in [5, 5.41) is 0. The van der Waals surface area contributed by atoms with E-state index in [1.54, 1.807) is 36.9 Å². The summed E-state index contributed by atoms with van der Waals surface area (Å²) in [5.41, 5.74) is 1.60. The molecule has 0 radical (unpaired) electrons. The quantitative estimate of drug-likeness (QED) is 0.646. The first-order valence-electron chi connectivity index (χ1n) is 9.75. The zero-order valence-electron chi connectivity index (χ0n) is 18.2. The van der Waals surface area contributed by atoms with Crippen molar-refractivity contribution in [2.24, 2.45) is 0 Å². The zero-order valence-corrected chi connectivity index (χ0v) is 20.7. The van der Waals surface area contributed by atoms with E-state index in [0.717, 1.165) is 9.18 Å². The van der Waals surface area contributed by atoms with Gasteiger partial charge in [-0.25, -0.2) is 21.1 Å². The molecule has 0 saturated carbocycles. The van der Waals surface area contributed by atoms with Gasteiger partial charge in [0, 0.05) is 50.7 Å². The molecule has 0 bridgehead atoms. The number of benzene rings is 1. The topological polar surface area (TPSA) is 95.1 Å². The number of amides is 1. The molecule has 1 fully saturated rings. The van der Waals surface area contributed by atoms with Crippen LogP contribution >= 0.6 is 11.3 Å². The van der Waals surface area contributed by atoms with Crippen LogP contribution in [0.1, 0.15) is 26.4 Å². The van der Waals surface area contributed by atoms with Crippen LogP contribution in [0.3, 0.4) is 0 Å². The van der Waals surface area contributed by atoms with Crippen molar-refractivity contribution in [2.75, 3.05) is 40.3 Å². The van der Waals surface area contributed by atoms with Gasteiger partial charge in [-0.2, -0.15) is 4.31 Å². The highest BCUT2D eigenvalue weighted by atomic mass is 32.2. The predicted octanol–water partition coefficient (Wildman–Crippen LogP) is 2.07. The van der Waals surface area contributed by atoms with E-state index in [-0.39, 0.29) is 42.5 Å². The van der Waals surface area contributed by atoms with Crippen molar-refractivity contribution >= 4 is 37.3 Å². The Morgan fingerprint density at radius 3 is 2.10 bits per heavy atom. The fourth-order valence-electron chi connectivity index (χ4n) is 3.41. The molecular formula is C20H27N3O5S3. The largest absolute Gasteiger partial charge is 0.336 e. The van der Waals surface area contributed by atoms with E-state index < -0.39 is 20.0 Å². The lowest BCUT2D eigenvalue weighted by molar-refractivity contribution is 0.0697. The van der Waals surface area contributed by atoms with Gasteiger partial charge in [-0.3, -0.25) is 4.79 Å². The molecule has 1 aliphatic rings. The fourth-order valence-corrected chi connectivity index (χ4v) is 7.48. The van der Waals surface area contributed by atoms with Crippen LogP contribution in [0.4, 0.5) is 0 Å². The molecule has 8 nitrogen and oxygen atoms in total. The van der Waals surface area contributed by atoms with Crippen LogP contribution in [-0.2, 0) is 20.0 Å². The molecule has 0 spiro atoms. The molecule has 1 aromatic carbocycles. The van der Waals surface area contributed by atoms with Gasteiger partial charge in [-0.15, -0.1) is 11.3 Å². The Morgan fingerprint density at radius 2 is 1.58 bits per heavy atom. The minimum Gasteiger partial charge on any atom is -0.336 e. The Hall–Kier alpha value is -1.79. The first kappa shape index (κ1) is 23.9. The number of rotatable bonds is 5. The lowest BCUT2D eigenvalue weighted by Gasteiger charge is -2.34. The van der Waals surface area contributed by atoms with E-state index in [4.69, 9.17) is 0 Å². The second-order valence-electron chi connectivity index (χ2n) is 7.77. The number of hydrogen-bond acceptors (Lipinski definition) is 6. The van der Waals surface area contributed by atoms with Crippen molar-refractivity contribution in [2.45, 2.75) is 29.9 Å². The van der Waals surface area contributed by atoms with E-state index in [1.165, 1.54) is 35.8 Å². The Labute approximate surface area is 188 Å². The normalized spacial score (nSPS) is 16.1. The number of thiophene rings is 1. The van der Waals surface area contributed by atoms with Crippen molar-refractivity contribution in [3.63, 3.8) is 0 Å². The van der Waals surface area contributed by atoms with Gasteiger partial charge in [0.15, 0.2) is 0 Å². The Morgan fingerprint density at radius 1 is 0.968 bits per heavy atom. The number of carbonyl (C=O) groups excluding carboxylic acids is 1. The summed E-state index contributed by atoms with van der Waals surface area (Å²) in [4.78, 5) is 15.7. The molecule has 0 unspecified atom stereocenters. The second-order valence-corrected chi connectivity index (χ2v) is 13.3. The van der Waals surface area contributed by atoms with Crippen LogP contribution in [-0.4, -0.2) is 76.5 Å². The van der Waals surface area contributed by atoms with Crippen LogP contribution in [0.5, 0.6) is 0 Å². The van der Waals surface area contributed by atoms with E-state index in [0.29, 0.717) is 15.3 Å². The average molecular weight is 486 g/mol. The zero-order chi connectivity index (χ0) is 23.1. The summed E-state index contributed by atoms with van der Waals surface area (Å²) in [5.74, 6) is -0.303. The highest BCUT2D eigenvalue weighted by Gasteiger charge is 2.32. The molecule has 0 N–H and O–H groups in total. The van der Waals surface area contributed by atoms with Gasteiger partial charge in [0.05, 0.1) is 4.90 Å². The van der Waals surface area contributed by atoms with Crippen molar-refractivity contribution in [3.05, 3.63) is 45.8 Å². The van der Waals surface area contributed by atoms with Crippen molar-refractivity contribution in [1.29, 1.82) is 0 Å². The number of sulfonamides is 2. The number of nitrogens with zero attached hydrogens (tertiary/aromatic N) is 3. The molecule has 2 heterocycles. The molecule has 11 heteroatoms. The van der Waals surface area contributed by atoms with Gasteiger partial charge in [0.1, 0.15) is 4.21 Å². The molecule has 1 saturated heterocycles. The minimum atomic E-state index is -3.70. The van der Waals surface area contributed by atoms with Gasteiger partial charge >= 0.3 is 0 Å². The third-order valence-corrected chi connectivity index (χ3v) is 10.8. The number of carbonyl (C=O) groups is 1. The molecule has 170 valence electrons. The van der Waals surface area contributed by atoms with E-state index >= 15 is 0 Å². The smallest absolute Gasteiger partial charge is 0.253 e. The van der Waals surface area contributed by atoms with Crippen LogP contribution in [0.2, 0.25) is 0 Å². The van der Waals surface area contributed by atoms with Crippen LogP contribution in [0.25, 0.3) is 0 Å². The Kier molecular flexibility index (Phi) is 6.64. The Balaban J connectivity index is 1.81. The molecule has 1 amide bonds. The molecule has 0 atom stereocenters. The summed E-state index contributed by atoms with van der Waals surface area (Å²) in [6.45, 7) is 6.21. The van der Waals surface area contributed by atoms with Crippen LogP contribution < -0.4 is 0 Å². The minimum absolute atomic E-state index is 0.107. The third-order valence-electron chi connectivity index (χ3n) is 5.46. The maximum atomic E-state index is 13.1. The highest BCUT2D eigenvalue weighted by Crippen LogP contribution is 2.27. The molecule has 3 rings (SSSR count). The van der Waals surface area contributed by atoms with Crippen molar-refractivity contribution in [1.82, 2.24) is 13.5 Å². The van der Waals surface area contributed by atoms with E-state index in [2.05, 4.69) is 0 Å². The lowest BCUT2D eigenvalue weighted by atomic mass is 10.1. The summed E-state index contributed by atoms with van der Waals surface area (Å²) in [6, 6.07) is 6.48. The lowest BCUT2D eigenvalue weighted by Crippen LogP contribution is -2.50. The summed E-state index contributed by atoms with van der Waals surface area (Å²) < 4.78 is 53.8. The van der Waals surface area contributed by atoms with Gasteiger partial charge in [-0.1, -0.05) is 0 Å². The average Bonchev–Trinajstić information content (AvgIpc) is 3.16. The Bertz CT molecular complexity index is 1210. The molecule has 2 aromatic rings. The second kappa shape index (κ2) is 8.62. The van der Waals surface area contributed by atoms with Crippen LogP contribution in [0.15, 0.2) is 33.4 Å². The SMILES string of the molecule is Cc1ccc(S(=O)(=O)N2CCN(C(=O)c3cc(C)c(C)c(S(=O)(=O)N(C)C)c3)CC2)s1. The first-order chi connectivity index (χ1) is 14.4. The molecule has 1 aromatic heterocycles. The van der Waals surface area contributed by atoms with Gasteiger partial charge in [0.25, 0.3) is 15.9 Å². The van der Waals surface area contributed by atoms with Crippen molar-refractivity contribution in [3.8, 4) is 0 Å². The van der Waals surface area contributed by atoms with Crippen molar-refractivity contribution < 1.29 is 21.6 Å². The third kappa shape index (κ3) is 4.56. The molecule has 1 aliphatic heterocycles. The predicted molar refractivity (Wildman–Crippen MR) is 121 cm³/mol. The summed E-state index contributed by atoms with van der Waals surface area (Å²) >= 11 is 1.23. The van der Waals surface area contributed by atoms with E-state index in [9.17, 15) is 21.6 Å².